The van der Waals surface area contributed by atoms with Crippen LogP contribution in [0.15, 0.2) is 35.2 Å². The molecule has 2 aromatic rings. The predicted octanol–water partition coefficient (Wildman–Crippen LogP) is 1.57. The molecule has 0 radical (unpaired) electrons. The zero-order valence-corrected chi connectivity index (χ0v) is 10.9. The van der Waals surface area contributed by atoms with Crippen molar-refractivity contribution >= 4 is 15.8 Å². The molecule has 0 aliphatic heterocycles. The van der Waals surface area contributed by atoms with Crippen LogP contribution in [0.2, 0.25) is 0 Å². The summed E-state index contributed by atoms with van der Waals surface area (Å²) < 4.78 is 23.3. The molecular formula is C12H12N2O4S. The van der Waals surface area contributed by atoms with Crippen LogP contribution in [0.1, 0.15) is 17.4 Å². The van der Waals surface area contributed by atoms with Crippen molar-refractivity contribution in [3.05, 3.63) is 36.0 Å². The molecule has 0 bridgehead atoms. The van der Waals surface area contributed by atoms with E-state index < -0.39 is 15.8 Å². The summed E-state index contributed by atoms with van der Waals surface area (Å²) in [5, 5.41) is 15.0. The highest BCUT2D eigenvalue weighted by Gasteiger charge is 2.13. The first-order valence-corrected chi connectivity index (χ1v) is 7.21. The zero-order chi connectivity index (χ0) is 14.0. The van der Waals surface area contributed by atoms with Crippen molar-refractivity contribution in [2.45, 2.75) is 11.8 Å². The van der Waals surface area contributed by atoms with Gasteiger partial charge in [0.2, 0.25) is 0 Å². The monoisotopic (exact) mass is 280 g/mol. The number of aromatic amines is 1. The number of rotatable bonds is 4. The van der Waals surface area contributed by atoms with Gasteiger partial charge in [0, 0.05) is 5.56 Å². The Morgan fingerprint density at radius 3 is 2.42 bits per heavy atom. The van der Waals surface area contributed by atoms with Crippen LogP contribution in [0.5, 0.6) is 0 Å². The second-order valence-corrected chi connectivity index (χ2v) is 6.18. The van der Waals surface area contributed by atoms with Crippen LogP contribution < -0.4 is 0 Å². The minimum absolute atomic E-state index is 0.0137. The van der Waals surface area contributed by atoms with Crippen LogP contribution in [0.4, 0.5) is 0 Å². The van der Waals surface area contributed by atoms with Gasteiger partial charge in [0.1, 0.15) is 5.69 Å². The zero-order valence-electron chi connectivity index (χ0n) is 10.1. The molecule has 1 aromatic heterocycles. The molecule has 0 saturated heterocycles. The number of hydrogen-bond acceptors (Lipinski definition) is 4. The Kier molecular flexibility index (Phi) is 3.39. The molecule has 0 aliphatic rings. The number of hydrogen-bond donors (Lipinski definition) is 2. The van der Waals surface area contributed by atoms with Crippen LogP contribution in [-0.2, 0) is 9.84 Å². The van der Waals surface area contributed by atoms with Gasteiger partial charge in [-0.2, -0.15) is 5.10 Å². The van der Waals surface area contributed by atoms with Crippen molar-refractivity contribution in [2.75, 3.05) is 5.75 Å². The molecule has 1 aromatic carbocycles. The summed E-state index contributed by atoms with van der Waals surface area (Å²) in [7, 11) is -3.23. The molecule has 100 valence electrons. The van der Waals surface area contributed by atoms with Crippen molar-refractivity contribution in [1.29, 1.82) is 0 Å². The summed E-state index contributed by atoms with van der Waals surface area (Å²) in [6, 6.07) is 7.58. The van der Waals surface area contributed by atoms with Gasteiger partial charge in [0.15, 0.2) is 9.84 Å². The lowest BCUT2D eigenvalue weighted by Crippen LogP contribution is -2.03. The lowest BCUT2D eigenvalue weighted by atomic mass is 10.1. The summed E-state index contributed by atoms with van der Waals surface area (Å²) in [6.07, 6.45) is 0. The fraction of sp³-hybridized carbons (Fsp3) is 0.167. The first-order valence-electron chi connectivity index (χ1n) is 5.56. The van der Waals surface area contributed by atoms with Gasteiger partial charge in [-0.25, -0.2) is 13.2 Å². The average molecular weight is 280 g/mol. The Hall–Kier alpha value is -2.15. The number of aromatic nitrogens is 2. The van der Waals surface area contributed by atoms with Gasteiger partial charge >= 0.3 is 5.97 Å². The Balaban J connectivity index is 2.35. The molecule has 19 heavy (non-hydrogen) atoms. The van der Waals surface area contributed by atoms with Crippen molar-refractivity contribution < 1.29 is 18.3 Å². The summed E-state index contributed by atoms with van der Waals surface area (Å²) in [5.74, 6) is -1.05. The topological polar surface area (TPSA) is 100 Å². The smallest absolute Gasteiger partial charge is 0.353 e. The number of aromatic carboxylic acids is 1. The maximum Gasteiger partial charge on any atom is 0.353 e. The largest absolute Gasteiger partial charge is 0.477 e. The summed E-state index contributed by atoms with van der Waals surface area (Å²) >= 11 is 0. The van der Waals surface area contributed by atoms with Crippen molar-refractivity contribution in [2.24, 2.45) is 0 Å². The molecule has 6 nitrogen and oxygen atoms in total. The minimum atomic E-state index is -3.23. The van der Waals surface area contributed by atoms with E-state index in [1.165, 1.54) is 18.2 Å². The van der Waals surface area contributed by atoms with E-state index in [0.29, 0.717) is 11.3 Å². The van der Waals surface area contributed by atoms with E-state index >= 15 is 0 Å². The number of nitrogens with zero attached hydrogens (tertiary/aromatic N) is 1. The molecule has 0 saturated carbocycles. The van der Waals surface area contributed by atoms with Crippen molar-refractivity contribution in [3.8, 4) is 11.3 Å². The number of carboxylic acids is 1. The molecule has 0 aliphatic carbocycles. The van der Waals surface area contributed by atoms with Gasteiger partial charge in [-0.05, 0) is 18.2 Å². The Morgan fingerprint density at radius 1 is 1.32 bits per heavy atom. The van der Waals surface area contributed by atoms with Crippen LogP contribution >= 0.6 is 0 Å². The third-order valence-electron chi connectivity index (χ3n) is 2.70. The molecule has 1 heterocycles. The molecule has 0 atom stereocenters. The highest BCUT2D eigenvalue weighted by atomic mass is 32.2. The molecule has 0 amide bonds. The molecule has 2 rings (SSSR count). The predicted molar refractivity (Wildman–Crippen MR) is 68.7 cm³/mol. The van der Waals surface area contributed by atoms with Gasteiger partial charge in [0.25, 0.3) is 0 Å². The van der Waals surface area contributed by atoms with E-state index in [9.17, 15) is 13.2 Å². The quantitative estimate of drug-likeness (QED) is 0.885. The Labute approximate surface area is 110 Å². The number of carbonyl (C=O) groups is 1. The highest BCUT2D eigenvalue weighted by Crippen LogP contribution is 2.20. The lowest BCUT2D eigenvalue weighted by molar-refractivity contribution is 0.0690. The first-order chi connectivity index (χ1) is 8.94. The van der Waals surface area contributed by atoms with E-state index in [0.717, 1.165) is 0 Å². The SMILES string of the molecule is CCS(=O)(=O)c1ccc(-c2cc(C(=O)O)[nH]n2)cc1. The van der Waals surface area contributed by atoms with Gasteiger partial charge in [0.05, 0.1) is 16.3 Å². The molecule has 0 unspecified atom stereocenters. The van der Waals surface area contributed by atoms with Crippen LogP contribution in [0, 0.1) is 0 Å². The van der Waals surface area contributed by atoms with Gasteiger partial charge in [-0.3, -0.25) is 5.10 Å². The summed E-state index contributed by atoms with van der Waals surface area (Å²) in [6.45, 7) is 1.58. The van der Waals surface area contributed by atoms with E-state index in [1.807, 2.05) is 0 Å². The van der Waals surface area contributed by atoms with E-state index in [2.05, 4.69) is 10.2 Å². The average Bonchev–Trinajstić information content (AvgIpc) is 2.88. The van der Waals surface area contributed by atoms with Crippen molar-refractivity contribution in [1.82, 2.24) is 10.2 Å². The standard InChI is InChI=1S/C12H12N2O4S/c1-2-19(17,18)9-5-3-8(4-6-9)10-7-11(12(15)16)14-13-10/h3-7H,2H2,1H3,(H,13,14)(H,15,16). The van der Waals surface area contributed by atoms with Gasteiger partial charge in [-0.1, -0.05) is 19.1 Å². The lowest BCUT2D eigenvalue weighted by Gasteiger charge is -2.02. The minimum Gasteiger partial charge on any atom is -0.477 e. The van der Waals surface area contributed by atoms with Crippen LogP contribution in [0.25, 0.3) is 11.3 Å². The number of carboxylic acid groups (broad SMARTS) is 1. The van der Waals surface area contributed by atoms with E-state index in [4.69, 9.17) is 5.11 Å². The first kappa shape index (κ1) is 13.3. The Morgan fingerprint density at radius 2 is 1.95 bits per heavy atom. The highest BCUT2D eigenvalue weighted by molar-refractivity contribution is 7.91. The normalized spacial score (nSPS) is 11.4. The number of sulfone groups is 1. The van der Waals surface area contributed by atoms with Gasteiger partial charge < -0.3 is 5.11 Å². The fourth-order valence-electron chi connectivity index (χ4n) is 1.58. The molecule has 0 fully saturated rings. The molecule has 7 heteroatoms. The number of nitrogens with one attached hydrogen (secondary N) is 1. The second-order valence-electron chi connectivity index (χ2n) is 3.90. The maximum atomic E-state index is 11.6. The molecular weight excluding hydrogens is 268 g/mol. The van der Waals surface area contributed by atoms with Crippen molar-refractivity contribution in [3.63, 3.8) is 0 Å². The number of H-pyrrole nitrogens is 1. The maximum absolute atomic E-state index is 11.6. The summed E-state index contributed by atoms with van der Waals surface area (Å²) in [5.41, 5.74) is 1.09. The van der Waals surface area contributed by atoms with Gasteiger partial charge in [-0.15, -0.1) is 0 Å². The van der Waals surface area contributed by atoms with Crippen LogP contribution in [-0.4, -0.2) is 35.4 Å². The number of benzene rings is 1. The molecule has 2 N–H and O–H groups in total. The second kappa shape index (κ2) is 4.85. The van der Waals surface area contributed by atoms with E-state index in [-0.39, 0.29) is 16.3 Å². The van der Waals surface area contributed by atoms with Crippen LogP contribution in [0.3, 0.4) is 0 Å². The van der Waals surface area contributed by atoms with E-state index in [1.54, 1.807) is 19.1 Å². The summed E-state index contributed by atoms with van der Waals surface area (Å²) in [4.78, 5) is 11.0. The fourth-order valence-corrected chi connectivity index (χ4v) is 2.46. The Bertz CT molecular complexity index is 702. The third-order valence-corrected chi connectivity index (χ3v) is 4.45. The molecule has 0 spiro atoms. The third kappa shape index (κ3) is 2.65.